The molecule has 0 bridgehead atoms. The number of nitrogens with zero attached hydrogens (tertiary/aromatic N) is 2. The Morgan fingerprint density at radius 1 is 1.00 bits per heavy atom. The minimum Gasteiger partial charge on any atom is -0.378 e. The Morgan fingerprint density at radius 2 is 1.68 bits per heavy atom. The third-order valence-corrected chi connectivity index (χ3v) is 6.55. The summed E-state index contributed by atoms with van der Waals surface area (Å²) in [6.07, 6.45) is 3.00. The molecule has 0 spiro atoms. The van der Waals surface area contributed by atoms with E-state index in [0.29, 0.717) is 23.8 Å². The number of aromatic nitrogens is 1. The molecule has 3 aromatic rings. The lowest BCUT2D eigenvalue weighted by atomic mass is 10.0. The second-order valence-corrected chi connectivity index (χ2v) is 9.07. The maximum Gasteiger partial charge on any atom is 0.261 e. The average molecular weight is 458 g/mol. The Kier molecular flexibility index (Phi) is 6.22. The van der Waals surface area contributed by atoms with E-state index < -0.39 is 10.0 Å². The second-order valence-electron chi connectivity index (χ2n) is 6.95. The lowest BCUT2D eigenvalue weighted by Gasteiger charge is -2.28. The largest absolute Gasteiger partial charge is 0.378 e. The molecule has 7 nitrogen and oxygen atoms in total. The number of pyridine rings is 1. The van der Waals surface area contributed by atoms with Crippen LogP contribution in [0.15, 0.2) is 71.9 Å². The molecule has 0 atom stereocenters. The lowest BCUT2D eigenvalue weighted by Crippen LogP contribution is -2.36. The Bertz CT molecular complexity index is 1180. The third-order valence-electron chi connectivity index (χ3n) is 4.94. The van der Waals surface area contributed by atoms with Crippen LogP contribution in [0.5, 0.6) is 0 Å². The Morgan fingerprint density at radius 3 is 2.35 bits per heavy atom. The van der Waals surface area contributed by atoms with Crippen molar-refractivity contribution in [2.24, 2.45) is 0 Å². The zero-order chi connectivity index (χ0) is 21.8. The highest BCUT2D eigenvalue weighted by molar-refractivity contribution is 7.92. The molecule has 0 radical (unpaired) electrons. The summed E-state index contributed by atoms with van der Waals surface area (Å²) in [6, 6.07) is 14.2. The monoisotopic (exact) mass is 457 g/mol. The van der Waals surface area contributed by atoms with E-state index in [1.165, 1.54) is 30.6 Å². The number of sulfonamides is 1. The summed E-state index contributed by atoms with van der Waals surface area (Å²) < 4.78 is 33.8. The van der Waals surface area contributed by atoms with Gasteiger partial charge in [-0.25, -0.2) is 8.42 Å². The Balaban J connectivity index is 1.60. The summed E-state index contributed by atoms with van der Waals surface area (Å²) in [4.78, 5) is 19.1. The summed E-state index contributed by atoms with van der Waals surface area (Å²) in [6.45, 7) is 2.81. The topological polar surface area (TPSA) is 88.6 Å². The van der Waals surface area contributed by atoms with E-state index in [1.54, 1.807) is 36.4 Å². The third kappa shape index (κ3) is 4.87. The molecule has 160 valence electrons. The minimum atomic E-state index is -3.91. The number of anilines is 2. The molecule has 0 saturated carbocycles. The zero-order valence-electron chi connectivity index (χ0n) is 16.5. The van der Waals surface area contributed by atoms with E-state index in [2.05, 4.69) is 14.6 Å². The number of nitrogens with one attached hydrogen (secondary N) is 1. The first kappa shape index (κ1) is 21.3. The van der Waals surface area contributed by atoms with Crippen molar-refractivity contribution in [1.29, 1.82) is 0 Å². The van der Waals surface area contributed by atoms with Gasteiger partial charge in [-0.3, -0.25) is 14.5 Å². The van der Waals surface area contributed by atoms with E-state index in [4.69, 9.17) is 16.3 Å². The first-order valence-corrected chi connectivity index (χ1v) is 11.5. The quantitative estimate of drug-likeness (QED) is 0.569. The molecule has 1 aliphatic heterocycles. The fourth-order valence-corrected chi connectivity index (χ4v) is 4.57. The first-order chi connectivity index (χ1) is 14.9. The average Bonchev–Trinajstić information content (AvgIpc) is 2.81. The second kappa shape index (κ2) is 9.05. The maximum atomic E-state index is 13.0. The molecule has 1 aromatic heterocycles. The molecule has 0 aliphatic carbocycles. The van der Waals surface area contributed by atoms with Crippen molar-refractivity contribution in [2.75, 3.05) is 35.9 Å². The predicted molar refractivity (Wildman–Crippen MR) is 119 cm³/mol. The molecule has 1 saturated heterocycles. The van der Waals surface area contributed by atoms with Crippen molar-refractivity contribution in [3.8, 4) is 0 Å². The molecule has 31 heavy (non-hydrogen) atoms. The van der Waals surface area contributed by atoms with Crippen LogP contribution in [0.1, 0.15) is 15.9 Å². The van der Waals surface area contributed by atoms with Gasteiger partial charge >= 0.3 is 0 Å². The highest BCUT2D eigenvalue weighted by Gasteiger charge is 2.21. The van der Waals surface area contributed by atoms with Crippen LogP contribution in [0.25, 0.3) is 0 Å². The number of ketones is 1. The SMILES string of the molecule is O=C(c1ccncc1)c1cc(Cl)ccc1NS(=O)(=O)c1ccc(N2CCOCC2)cc1. The van der Waals surface area contributed by atoms with Gasteiger partial charge in [0.15, 0.2) is 5.78 Å². The van der Waals surface area contributed by atoms with Crippen LogP contribution in [0.4, 0.5) is 11.4 Å². The molecular formula is C22H20ClN3O4S. The van der Waals surface area contributed by atoms with Gasteiger partial charge in [0.1, 0.15) is 0 Å². The summed E-state index contributed by atoms with van der Waals surface area (Å²) in [5.41, 5.74) is 1.63. The molecule has 1 N–H and O–H groups in total. The smallest absolute Gasteiger partial charge is 0.261 e. The number of rotatable bonds is 6. The van der Waals surface area contributed by atoms with Crippen molar-refractivity contribution in [2.45, 2.75) is 4.90 Å². The number of ether oxygens (including phenoxy) is 1. The molecule has 1 aliphatic rings. The molecule has 2 aromatic carbocycles. The maximum absolute atomic E-state index is 13.0. The number of morpholine rings is 1. The summed E-state index contributed by atoms with van der Waals surface area (Å²) in [5.74, 6) is -0.356. The van der Waals surface area contributed by atoms with E-state index in [-0.39, 0.29) is 21.9 Å². The molecule has 4 rings (SSSR count). The van der Waals surface area contributed by atoms with Crippen LogP contribution in [0.2, 0.25) is 5.02 Å². The van der Waals surface area contributed by atoms with Gasteiger partial charge in [0.05, 0.1) is 23.8 Å². The zero-order valence-corrected chi connectivity index (χ0v) is 18.1. The van der Waals surface area contributed by atoms with Gasteiger partial charge in [-0.1, -0.05) is 11.6 Å². The Labute approximate surface area is 185 Å². The van der Waals surface area contributed by atoms with Crippen molar-refractivity contribution in [3.05, 3.63) is 83.1 Å². The number of halogens is 1. The summed E-state index contributed by atoms with van der Waals surface area (Å²) in [7, 11) is -3.91. The van der Waals surface area contributed by atoms with Crippen LogP contribution in [0.3, 0.4) is 0 Å². The van der Waals surface area contributed by atoms with Gasteiger partial charge in [0.2, 0.25) is 0 Å². The van der Waals surface area contributed by atoms with Crippen molar-refractivity contribution < 1.29 is 17.9 Å². The molecule has 0 amide bonds. The molecular weight excluding hydrogens is 438 g/mol. The van der Waals surface area contributed by atoms with Crippen molar-refractivity contribution in [3.63, 3.8) is 0 Å². The minimum absolute atomic E-state index is 0.0989. The predicted octanol–water partition coefficient (Wildman–Crippen LogP) is 3.60. The molecule has 2 heterocycles. The number of hydrogen-bond acceptors (Lipinski definition) is 6. The number of benzene rings is 2. The molecule has 9 heteroatoms. The van der Waals surface area contributed by atoms with Crippen LogP contribution in [-0.4, -0.2) is 45.5 Å². The van der Waals surface area contributed by atoms with Crippen LogP contribution in [0, 0.1) is 0 Å². The van der Waals surface area contributed by atoms with Crippen LogP contribution in [-0.2, 0) is 14.8 Å². The van der Waals surface area contributed by atoms with Crippen LogP contribution < -0.4 is 9.62 Å². The van der Waals surface area contributed by atoms with Gasteiger partial charge < -0.3 is 9.64 Å². The normalized spacial score (nSPS) is 14.3. The lowest BCUT2D eigenvalue weighted by molar-refractivity contribution is 0.103. The van der Waals surface area contributed by atoms with Crippen molar-refractivity contribution >= 4 is 38.8 Å². The van der Waals surface area contributed by atoms with Gasteiger partial charge in [0, 0.05) is 47.3 Å². The van der Waals surface area contributed by atoms with Gasteiger partial charge in [0.25, 0.3) is 10.0 Å². The van der Waals surface area contributed by atoms with E-state index in [9.17, 15) is 13.2 Å². The highest BCUT2D eigenvalue weighted by Crippen LogP contribution is 2.27. The highest BCUT2D eigenvalue weighted by atomic mass is 35.5. The number of carbonyl (C=O) groups excluding carboxylic acids is 1. The van der Waals surface area contributed by atoms with E-state index in [0.717, 1.165) is 18.8 Å². The summed E-state index contributed by atoms with van der Waals surface area (Å²) >= 11 is 6.07. The summed E-state index contributed by atoms with van der Waals surface area (Å²) in [5, 5.41) is 0.329. The van der Waals surface area contributed by atoms with Gasteiger partial charge in [-0.15, -0.1) is 0 Å². The molecule has 1 fully saturated rings. The molecule has 0 unspecified atom stereocenters. The fourth-order valence-electron chi connectivity index (χ4n) is 3.31. The standard InChI is InChI=1S/C22H20ClN3O4S/c23-17-1-6-21(20(15-17)22(27)16-7-9-24-10-8-16)25-31(28,29)19-4-2-18(3-5-19)26-11-13-30-14-12-26/h1-10,15,25H,11-14H2. The fraction of sp³-hybridized carbons (Fsp3) is 0.182. The van der Waals surface area contributed by atoms with Gasteiger partial charge in [-0.2, -0.15) is 0 Å². The number of hydrogen-bond donors (Lipinski definition) is 1. The first-order valence-electron chi connectivity index (χ1n) is 9.64. The Hall–Kier alpha value is -2.94. The van der Waals surface area contributed by atoms with Crippen molar-refractivity contribution in [1.82, 2.24) is 4.98 Å². The number of carbonyl (C=O) groups is 1. The van der Waals surface area contributed by atoms with E-state index in [1.807, 2.05) is 0 Å². The van der Waals surface area contributed by atoms with Crippen LogP contribution >= 0.6 is 11.6 Å². The van der Waals surface area contributed by atoms with Gasteiger partial charge in [-0.05, 0) is 54.6 Å². The van der Waals surface area contributed by atoms with E-state index >= 15 is 0 Å².